The van der Waals surface area contributed by atoms with Crippen LogP contribution in [0.1, 0.15) is 80.1 Å². The standard InChI is InChI=1S/C30H56O5SSi2/c1-21-19-24-23(17-18-26(22-15-13-14-16-22)34-37(9,10)29(2,3)4)27(35-38(11,12)30(5,6)7)20-25(24)28(21)33-36(8,31)32/h17-18,22-28H,1,13-16,19-20H2,2-12H3/t23-,24+,25-,26+,27+,28?/m0/s1. The molecule has 0 aromatic heterocycles. The van der Waals surface area contributed by atoms with Crippen LogP contribution in [0.3, 0.4) is 0 Å². The maximum absolute atomic E-state index is 12.1. The van der Waals surface area contributed by atoms with Crippen molar-refractivity contribution < 1.29 is 21.5 Å². The van der Waals surface area contributed by atoms with Crippen LogP contribution in [0.4, 0.5) is 0 Å². The topological polar surface area (TPSA) is 61.8 Å². The van der Waals surface area contributed by atoms with E-state index in [-0.39, 0.29) is 40.0 Å². The van der Waals surface area contributed by atoms with E-state index in [2.05, 4.69) is 86.5 Å². The van der Waals surface area contributed by atoms with Crippen molar-refractivity contribution in [3.8, 4) is 0 Å². The molecule has 3 aliphatic carbocycles. The third kappa shape index (κ3) is 7.33. The average molecular weight is 585 g/mol. The van der Waals surface area contributed by atoms with Crippen molar-refractivity contribution in [1.29, 1.82) is 0 Å². The highest BCUT2D eigenvalue weighted by atomic mass is 32.2. The molecule has 6 atom stereocenters. The van der Waals surface area contributed by atoms with Crippen LogP contribution in [0.5, 0.6) is 0 Å². The first-order chi connectivity index (χ1) is 17.1. The van der Waals surface area contributed by atoms with Crippen LogP contribution in [0, 0.1) is 23.7 Å². The lowest BCUT2D eigenvalue weighted by atomic mass is 9.89. The summed E-state index contributed by atoms with van der Waals surface area (Å²) in [5.41, 5.74) is 0.902. The predicted molar refractivity (Wildman–Crippen MR) is 164 cm³/mol. The minimum Gasteiger partial charge on any atom is -0.413 e. The fraction of sp³-hybridized carbons (Fsp3) is 0.867. The minimum absolute atomic E-state index is 0.0537. The third-order valence-electron chi connectivity index (χ3n) is 10.4. The molecular weight excluding hydrogens is 529 g/mol. The van der Waals surface area contributed by atoms with Crippen molar-refractivity contribution in [3.05, 3.63) is 24.3 Å². The average Bonchev–Trinajstić information content (AvgIpc) is 3.42. The van der Waals surface area contributed by atoms with Gasteiger partial charge in [0.1, 0.15) is 6.10 Å². The molecule has 0 amide bonds. The Kier molecular flexibility index (Phi) is 9.51. The second-order valence-electron chi connectivity index (χ2n) is 15.4. The van der Waals surface area contributed by atoms with E-state index >= 15 is 0 Å². The van der Waals surface area contributed by atoms with Crippen molar-refractivity contribution >= 4 is 26.8 Å². The molecule has 220 valence electrons. The Bertz CT molecular complexity index is 983. The highest BCUT2D eigenvalue weighted by molar-refractivity contribution is 7.86. The summed E-state index contributed by atoms with van der Waals surface area (Å²) in [5.74, 6) is 1.15. The molecule has 8 heteroatoms. The first kappa shape index (κ1) is 32.3. The predicted octanol–water partition coefficient (Wildman–Crippen LogP) is 8.07. The Morgan fingerprint density at radius 2 is 1.50 bits per heavy atom. The molecule has 3 aliphatic rings. The molecular formula is C30H56O5SSi2. The summed E-state index contributed by atoms with van der Waals surface area (Å²) < 4.78 is 43.9. The molecule has 0 radical (unpaired) electrons. The number of hydrogen-bond donors (Lipinski definition) is 0. The van der Waals surface area contributed by atoms with E-state index in [1.165, 1.54) is 25.7 Å². The van der Waals surface area contributed by atoms with Gasteiger partial charge in [-0.3, -0.25) is 4.18 Å². The summed E-state index contributed by atoms with van der Waals surface area (Å²) in [6, 6.07) is 0. The molecule has 0 N–H and O–H groups in total. The lowest BCUT2D eigenvalue weighted by Crippen LogP contribution is -2.45. The monoisotopic (exact) mass is 584 g/mol. The van der Waals surface area contributed by atoms with E-state index in [1.807, 2.05) is 0 Å². The van der Waals surface area contributed by atoms with Gasteiger partial charge in [-0.1, -0.05) is 73.1 Å². The van der Waals surface area contributed by atoms with Crippen LogP contribution in [0.25, 0.3) is 0 Å². The molecule has 1 unspecified atom stereocenters. The van der Waals surface area contributed by atoms with Gasteiger partial charge in [-0.15, -0.1) is 0 Å². The Hall–Kier alpha value is -0.256. The smallest absolute Gasteiger partial charge is 0.264 e. The molecule has 3 rings (SSSR count). The Balaban J connectivity index is 1.94. The maximum atomic E-state index is 12.1. The van der Waals surface area contributed by atoms with Gasteiger partial charge in [-0.05, 0) is 85.3 Å². The molecule has 5 nitrogen and oxygen atoms in total. The highest BCUT2D eigenvalue weighted by Crippen LogP contribution is 2.54. The van der Waals surface area contributed by atoms with Crippen LogP contribution in [-0.4, -0.2) is 49.6 Å². The zero-order valence-electron chi connectivity index (χ0n) is 26.1. The second-order valence-corrected chi connectivity index (χ2v) is 26.5. The lowest BCUT2D eigenvalue weighted by molar-refractivity contribution is 0.137. The third-order valence-corrected chi connectivity index (χ3v) is 20.0. The maximum Gasteiger partial charge on any atom is 0.264 e. The van der Waals surface area contributed by atoms with Gasteiger partial charge in [0.25, 0.3) is 10.1 Å². The number of fused-ring (bicyclic) bond motifs is 1. The van der Waals surface area contributed by atoms with Crippen molar-refractivity contribution in [2.75, 3.05) is 6.26 Å². The van der Waals surface area contributed by atoms with Crippen molar-refractivity contribution in [2.24, 2.45) is 23.7 Å². The van der Waals surface area contributed by atoms with Gasteiger partial charge in [0.05, 0.1) is 18.5 Å². The largest absolute Gasteiger partial charge is 0.413 e. The molecule has 0 spiro atoms. The van der Waals surface area contributed by atoms with Gasteiger partial charge in [-0.25, -0.2) is 0 Å². The highest BCUT2D eigenvalue weighted by Gasteiger charge is 2.54. The number of hydrogen-bond acceptors (Lipinski definition) is 5. The Labute approximate surface area is 236 Å². The van der Waals surface area contributed by atoms with Crippen molar-refractivity contribution in [1.82, 2.24) is 0 Å². The minimum atomic E-state index is -3.57. The van der Waals surface area contributed by atoms with Crippen molar-refractivity contribution in [3.63, 3.8) is 0 Å². The fourth-order valence-electron chi connectivity index (χ4n) is 6.13. The molecule has 3 fully saturated rings. The molecule has 0 aliphatic heterocycles. The Morgan fingerprint density at radius 1 is 0.947 bits per heavy atom. The summed E-state index contributed by atoms with van der Waals surface area (Å²) in [4.78, 5) is 0. The normalized spacial score (nSPS) is 30.9. The lowest BCUT2D eigenvalue weighted by Gasteiger charge is -2.41. The molecule has 0 aromatic rings. The van der Waals surface area contributed by atoms with Gasteiger partial charge in [-0.2, -0.15) is 8.42 Å². The van der Waals surface area contributed by atoms with E-state index in [0.717, 1.165) is 24.7 Å². The summed E-state index contributed by atoms with van der Waals surface area (Å²) in [7, 11) is -7.54. The van der Waals surface area contributed by atoms with Crippen LogP contribution in [0.2, 0.25) is 36.3 Å². The molecule has 0 saturated heterocycles. The van der Waals surface area contributed by atoms with Crippen LogP contribution < -0.4 is 0 Å². The van der Waals surface area contributed by atoms with E-state index in [4.69, 9.17) is 13.0 Å². The molecule has 0 heterocycles. The molecule has 38 heavy (non-hydrogen) atoms. The Morgan fingerprint density at radius 3 is 2.00 bits per heavy atom. The number of rotatable bonds is 9. The van der Waals surface area contributed by atoms with Gasteiger partial charge in [0.2, 0.25) is 0 Å². The van der Waals surface area contributed by atoms with Crippen LogP contribution in [0.15, 0.2) is 24.3 Å². The van der Waals surface area contributed by atoms with Gasteiger partial charge < -0.3 is 8.85 Å². The van der Waals surface area contributed by atoms with Gasteiger partial charge >= 0.3 is 0 Å². The van der Waals surface area contributed by atoms with E-state index < -0.39 is 32.9 Å². The van der Waals surface area contributed by atoms with E-state index in [1.54, 1.807) is 0 Å². The SMILES string of the molecule is C=C1C[C@@H]2[C@H](C=C[C@@H](O[Si](C)(C)C(C)(C)C)C3CCCC3)[C@H](O[Si](C)(C)C(C)(C)C)C[C@@H]2C1OS(C)(=O)=O. The fourth-order valence-corrected chi connectivity index (χ4v) is 9.45. The second kappa shape index (κ2) is 11.2. The summed E-state index contributed by atoms with van der Waals surface area (Å²) in [6.07, 6.45) is 12.3. The molecule has 0 aromatic carbocycles. The van der Waals surface area contributed by atoms with Crippen molar-refractivity contribution in [2.45, 2.75) is 135 Å². The van der Waals surface area contributed by atoms with E-state index in [9.17, 15) is 8.42 Å². The summed E-state index contributed by atoms with van der Waals surface area (Å²) in [6.45, 7) is 27.3. The zero-order chi connectivity index (χ0) is 28.9. The summed E-state index contributed by atoms with van der Waals surface area (Å²) >= 11 is 0. The first-order valence-corrected chi connectivity index (χ1v) is 22.4. The zero-order valence-corrected chi connectivity index (χ0v) is 28.9. The van der Waals surface area contributed by atoms with Gasteiger partial charge in [0, 0.05) is 5.92 Å². The molecule has 3 saturated carbocycles. The summed E-state index contributed by atoms with van der Waals surface area (Å²) in [5, 5.41) is 0.257. The molecule has 0 bridgehead atoms. The quantitative estimate of drug-likeness (QED) is 0.156. The van der Waals surface area contributed by atoms with Crippen LogP contribution in [-0.2, 0) is 23.2 Å². The van der Waals surface area contributed by atoms with E-state index in [0.29, 0.717) is 5.92 Å². The van der Waals surface area contributed by atoms with Crippen LogP contribution >= 0.6 is 0 Å². The van der Waals surface area contributed by atoms with Gasteiger partial charge in [0.15, 0.2) is 16.6 Å². The first-order valence-electron chi connectivity index (χ1n) is 14.7.